The van der Waals surface area contributed by atoms with Crippen molar-refractivity contribution in [1.29, 1.82) is 0 Å². The van der Waals surface area contributed by atoms with Crippen LogP contribution in [0.5, 0.6) is 11.5 Å². The third kappa shape index (κ3) is 6.59. The second-order valence-electron chi connectivity index (χ2n) is 10.9. The van der Waals surface area contributed by atoms with Gasteiger partial charge in [-0.25, -0.2) is 61.5 Å². The van der Waals surface area contributed by atoms with Gasteiger partial charge < -0.3 is 9.47 Å². The molecule has 0 unspecified atom stereocenters. The van der Waals surface area contributed by atoms with E-state index < -0.39 is 175 Å². The molecule has 0 saturated heterocycles. The zero-order valence-electron chi connectivity index (χ0n) is 26.1. The van der Waals surface area contributed by atoms with Crippen molar-refractivity contribution >= 4 is 0 Å². The third-order valence-electron chi connectivity index (χ3n) is 7.47. The van der Waals surface area contributed by atoms with Gasteiger partial charge in [0.25, 0.3) is 0 Å². The molecule has 0 aliphatic rings. The number of rotatable bonds is 11. The molecule has 58 heavy (non-hydrogen) atoms. The molecule has 0 bridgehead atoms. The van der Waals surface area contributed by atoms with Crippen molar-refractivity contribution < 1.29 is 124 Å². The first-order chi connectivity index (χ1) is 26.3. The second-order valence-corrected chi connectivity index (χ2v) is 10.9. The SMILES string of the molecule is Fc1c(F)c(F)c(-c2c(F)c(F)c(OCC(F)(F)C(F)(F)C(F)(F)C(F)(F)COc3c(F)c(F)c(-c4c(F)c(F)c(F)c(F)c4F)c(F)c3F)c(F)c2F)c(F)c1F. The summed E-state index contributed by atoms with van der Waals surface area (Å²) in [7, 11) is 0. The lowest BCUT2D eigenvalue weighted by Crippen LogP contribution is -2.65. The summed E-state index contributed by atoms with van der Waals surface area (Å²) < 4.78 is 374. The van der Waals surface area contributed by atoms with E-state index in [2.05, 4.69) is 9.47 Å². The van der Waals surface area contributed by atoms with E-state index in [0.717, 1.165) is 0 Å². The van der Waals surface area contributed by atoms with Gasteiger partial charge in [-0.3, -0.25) is 0 Å². The van der Waals surface area contributed by atoms with E-state index in [1.807, 2.05) is 0 Å². The van der Waals surface area contributed by atoms with Gasteiger partial charge in [-0.05, 0) is 0 Å². The molecule has 0 aromatic heterocycles. The van der Waals surface area contributed by atoms with Crippen molar-refractivity contribution in [3.05, 3.63) is 105 Å². The number of hydrogen-bond donors (Lipinski definition) is 0. The minimum absolute atomic E-state index is 2.76. The number of halogens is 26. The average molecular weight is 890 g/mol. The highest BCUT2D eigenvalue weighted by molar-refractivity contribution is 5.69. The van der Waals surface area contributed by atoms with Crippen LogP contribution in [0.4, 0.5) is 114 Å². The molecule has 4 rings (SSSR count). The molecule has 0 atom stereocenters. The third-order valence-corrected chi connectivity index (χ3v) is 7.47. The molecule has 0 spiro atoms. The Kier molecular flexibility index (Phi) is 11.6. The molecule has 0 radical (unpaired) electrons. The molecule has 0 N–H and O–H groups in total. The summed E-state index contributed by atoms with van der Waals surface area (Å²) in [5.41, 5.74) is -11.2. The standard InChI is InChI=1S/C30H4F26O2/c31-7-3(8(32)16(40)19(43)15(7)39)5-11(35)21(45)25(22(46)12(5)36)57-1-27(49,50)29(53,54)30(55,56)28(51,52)2-58-26-23(47)13(37)6(14(38)24(26)48)4-9(33)17(41)20(44)18(42)10(4)34/h1-2H2. The summed E-state index contributed by atoms with van der Waals surface area (Å²) in [6.45, 7) is -7.53. The summed E-state index contributed by atoms with van der Waals surface area (Å²) in [6.07, 6.45) is 0. The monoisotopic (exact) mass is 890 g/mol. The lowest BCUT2D eigenvalue weighted by Gasteiger charge is -2.36. The highest BCUT2D eigenvalue weighted by Crippen LogP contribution is 2.53. The van der Waals surface area contributed by atoms with Crippen molar-refractivity contribution in [3.63, 3.8) is 0 Å². The van der Waals surface area contributed by atoms with Crippen molar-refractivity contribution in [3.8, 4) is 33.8 Å². The zero-order chi connectivity index (χ0) is 44.7. The predicted octanol–water partition coefficient (Wildman–Crippen LogP) is 11.5. The van der Waals surface area contributed by atoms with E-state index in [1.54, 1.807) is 0 Å². The molecular weight excluding hydrogens is 886 g/mol. The van der Waals surface area contributed by atoms with Crippen molar-refractivity contribution in [1.82, 2.24) is 0 Å². The minimum atomic E-state index is -7.71. The summed E-state index contributed by atoms with van der Waals surface area (Å²) in [4.78, 5) is 0. The van der Waals surface area contributed by atoms with Gasteiger partial charge in [-0.15, -0.1) is 0 Å². The Balaban J connectivity index is 1.66. The van der Waals surface area contributed by atoms with E-state index in [4.69, 9.17) is 0 Å². The molecule has 0 amide bonds. The fourth-order valence-corrected chi connectivity index (χ4v) is 4.53. The maximum absolute atomic E-state index is 14.6. The first-order valence-corrected chi connectivity index (χ1v) is 13.9. The summed E-state index contributed by atoms with van der Waals surface area (Å²) >= 11 is 0. The molecule has 318 valence electrons. The van der Waals surface area contributed by atoms with Crippen LogP contribution in [-0.2, 0) is 0 Å². The fourth-order valence-electron chi connectivity index (χ4n) is 4.53. The van der Waals surface area contributed by atoms with Crippen LogP contribution in [0, 0.1) is 105 Å². The highest BCUT2D eigenvalue weighted by Gasteiger charge is 2.81. The van der Waals surface area contributed by atoms with Crippen LogP contribution < -0.4 is 9.47 Å². The first-order valence-electron chi connectivity index (χ1n) is 13.9. The van der Waals surface area contributed by atoms with Crippen LogP contribution in [0.25, 0.3) is 22.3 Å². The smallest absolute Gasteiger partial charge is 0.381 e. The molecular formula is C30H4F26O2. The maximum Gasteiger partial charge on any atom is 0.381 e. The van der Waals surface area contributed by atoms with Crippen LogP contribution in [-0.4, -0.2) is 36.9 Å². The Bertz CT molecular complexity index is 2080. The summed E-state index contributed by atoms with van der Waals surface area (Å²) in [5, 5.41) is 0. The van der Waals surface area contributed by atoms with Gasteiger partial charge in [0.05, 0.1) is 22.3 Å². The van der Waals surface area contributed by atoms with E-state index in [9.17, 15) is 114 Å². The Hall–Kier alpha value is -5.34. The summed E-state index contributed by atoms with van der Waals surface area (Å²) in [5.74, 6) is -92.8. The second kappa shape index (κ2) is 14.8. The molecule has 4 aromatic carbocycles. The Morgan fingerprint density at radius 1 is 0.241 bits per heavy atom. The lowest BCUT2D eigenvalue weighted by molar-refractivity contribution is -0.372. The van der Waals surface area contributed by atoms with Gasteiger partial charge in [-0.2, -0.15) is 52.7 Å². The molecule has 0 aliphatic carbocycles. The normalized spacial score (nSPS) is 12.8. The number of benzene rings is 4. The average Bonchev–Trinajstić information content (AvgIpc) is 3.15. The van der Waals surface area contributed by atoms with Crippen LogP contribution in [0.15, 0.2) is 0 Å². The number of alkyl halides is 8. The summed E-state index contributed by atoms with van der Waals surface area (Å²) in [6, 6.07) is 0. The molecule has 0 saturated carbocycles. The highest BCUT2D eigenvalue weighted by atomic mass is 19.4. The van der Waals surface area contributed by atoms with E-state index in [0.29, 0.717) is 0 Å². The van der Waals surface area contributed by atoms with E-state index in [-0.39, 0.29) is 0 Å². The Morgan fingerprint density at radius 2 is 0.397 bits per heavy atom. The molecule has 2 nitrogen and oxygen atoms in total. The van der Waals surface area contributed by atoms with Crippen LogP contribution in [0.1, 0.15) is 0 Å². The first kappa shape index (κ1) is 45.4. The molecule has 0 heterocycles. The molecule has 4 aromatic rings. The van der Waals surface area contributed by atoms with Gasteiger partial charge in [0.1, 0.15) is 0 Å². The molecule has 0 aliphatic heterocycles. The zero-order valence-corrected chi connectivity index (χ0v) is 26.1. The van der Waals surface area contributed by atoms with Crippen molar-refractivity contribution in [2.45, 2.75) is 23.7 Å². The van der Waals surface area contributed by atoms with Gasteiger partial charge in [0.2, 0.25) is 34.9 Å². The van der Waals surface area contributed by atoms with Crippen LogP contribution in [0.3, 0.4) is 0 Å². The number of hydrogen-bond acceptors (Lipinski definition) is 2. The lowest BCUT2D eigenvalue weighted by atomic mass is 9.99. The van der Waals surface area contributed by atoms with Crippen molar-refractivity contribution in [2.24, 2.45) is 0 Å². The largest absolute Gasteiger partial charge is 0.481 e. The van der Waals surface area contributed by atoms with Gasteiger partial charge in [-0.1, -0.05) is 0 Å². The molecule has 28 heteroatoms. The van der Waals surface area contributed by atoms with Crippen LogP contribution >= 0.6 is 0 Å². The van der Waals surface area contributed by atoms with Crippen molar-refractivity contribution in [2.75, 3.05) is 13.2 Å². The molecule has 0 fully saturated rings. The fraction of sp³-hybridized carbons (Fsp3) is 0.200. The Morgan fingerprint density at radius 3 is 0.586 bits per heavy atom. The quantitative estimate of drug-likeness (QED) is 0.0849. The van der Waals surface area contributed by atoms with Gasteiger partial charge in [0.15, 0.2) is 94.5 Å². The van der Waals surface area contributed by atoms with Gasteiger partial charge in [0, 0.05) is 0 Å². The topological polar surface area (TPSA) is 18.5 Å². The predicted molar refractivity (Wildman–Crippen MR) is 134 cm³/mol. The minimum Gasteiger partial charge on any atom is -0.481 e. The Labute approximate surface area is 299 Å². The van der Waals surface area contributed by atoms with E-state index >= 15 is 0 Å². The van der Waals surface area contributed by atoms with Gasteiger partial charge >= 0.3 is 23.7 Å². The maximum atomic E-state index is 14.6. The number of ether oxygens (including phenoxy) is 2. The van der Waals surface area contributed by atoms with E-state index in [1.165, 1.54) is 0 Å². The van der Waals surface area contributed by atoms with Crippen LogP contribution in [0.2, 0.25) is 0 Å².